The number of hydrogen-bond donors (Lipinski definition) is 9. The molecule has 0 fully saturated rings. The Hall–Kier alpha value is -5.66. The van der Waals surface area contributed by atoms with Crippen LogP contribution in [-0.4, -0.2) is 74.6 Å². The molecule has 5 rings (SSSR count). The van der Waals surface area contributed by atoms with Crippen LogP contribution in [0.25, 0.3) is 21.8 Å². The van der Waals surface area contributed by atoms with Gasteiger partial charge in [-0.15, -0.1) is 0 Å². The highest BCUT2D eigenvalue weighted by Crippen LogP contribution is 2.21. The van der Waals surface area contributed by atoms with Gasteiger partial charge in [0.05, 0.1) is 6.04 Å². The maximum absolute atomic E-state index is 14.1. The number of carboxylic acids is 1. The predicted molar refractivity (Wildman–Crippen MR) is 190 cm³/mol. The molecule has 11 N–H and O–H groups in total. The van der Waals surface area contributed by atoms with Crippen LogP contribution in [0.15, 0.2) is 85.2 Å². The lowest BCUT2D eigenvalue weighted by Crippen LogP contribution is -2.58. The van der Waals surface area contributed by atoms with Gasteiger partial charge in [-0.1, -0.05) is 55.0 Å². The third-order valence-corrected chi connectivity index (χ3v) is 8.76. The van der Waals surface area contributed by atoms with Crippen molar-refractivity contribution in [3.8, 4) is 5.75 Å². The average Bonchev–Trinajstić information content (AvgIpc) is 3.72. The Balaban J connectivity index is 1.39. The van der Waals surface area contributed by atoms with Gasteiger partial charge in [0.2, 0.25) is 17.7 Å². The molecule has 0 spiro atoms. The minimum absolute atomic E-state index is 0.00769. The van der Waals surface area contributed by atoms with E-state index in [1.54, 1.807) is 24.5 Å². The fourth-order valence-electron chi connectivity index (χ4n) is 5.99. The average molecular weight is 682 g/mol. The van der Waals surface area contributed by atoms with Gasteiger partial charge in [-0.25, -0.2) is 4.79 Å². The number of carbonyl (C=O) groups excluding carboxylic acids is 3. The molecule has 50 heavy (non-hydrogen) atoms. The molecule has 13 nitrogen and oxygen atoms in total. The maximum Gasteiger partial charge on any atom is 0.326 e. The molecule has 2 aromatic heterocycles. The van der Waals surface area contributed by atoms with Crippen molar-refractivity contribution in [3.63, 3.8) is 0 Å². The Morgan fingerprint density at radius 3 is 1.72 bits per heavy atom. The summed E-state index contributed by atoms with van der Waals surface area (Å²) in [6, 6.07) is 16.5. The van der Waals surface area contributed by atoms with E-state index >= 15 is 0 Å². The van der Waals surface area contributed by atoms with Crippen molar-refractivity contribution in [1.82, 2.24) is 25.9 Å². The molecule has 0 radical (unpaired) electrons. The number of H-pyrrole nitrogens is 2. The van der Waals surface area contributed by atoms with Crippen LogP contribution < -0.4 is 27.4 Å². The van der Waals surface area contributed by atoms with Crippen molar-refractivity contribution < 1.29 is 29.4 Å². The lowest BCUT2D eigenvalue weighted by molar-refractivity contribution is -0.142. The number of phenols is 1. The molecule has 262 valence electrons. The quantitative estimate of drug-likeness (QED) is 0.0660. The number of para-hydroxylation sites is 2. The lowest BCUT2D eigenvalue weighted by Gasteiger charge is -2.25. The van der Waals surface area contributed by atoms with Crippen molar-refractivity contribution in [3.05, 3.63) is 102 Å². The summed E-state index contributed by atoms with van der Waals surface area (Å²) in [5, 5.41) is 29.8. The zero-order valence-electron chi connectivity index (χ0n) is 27.5. The van der Waals surface area contributed by atoms with Crippen LogP contribution in [0.4, 0.5) is 0 Å². The standard InChI is InChI=1S/C37H43N7O6/c38-16-6-5-9-28(39)34(46)42-32(18-23-20-40-29-10-3-1-7-26(23)29)36(48)43-31(17-22-12-14-25(45)15-13-22)35(47)44-33(37(49)50)19-24-21-41-30-11-4-2-8-27(24)30/h1-4,7-8,10-15,20-21,28,31-33,40-41,45H,5-6,9,16-19,38-39H2,(H,42,46)(H,43,48)(H,44,47)(H,49,50). The van der Waals surface area contributed by atoms with Gasteiger partial charge in [0, 0.05) is 53.5 Å². The highest BCUT2D eigenvalue weighted by atomic mass is 16.4. The summed E-state index contributed by atoms with van der Waals surface area (Å²) in [4.78, 5) is 59.9. The summed E-state index contributed by atoms with van der Waals surface area (Å²) in [5.41, 5.74) is 15.5. The smallest absolute Gasteiger partial charge is 0.326 e. The van der Waals surface area contributed by atoms with Crippen molar-refractivity contribution in [2.45, 2.75) is 62.7 Å². The minimum atomic E-state index is -1.31. The van der Waals surface area contributed by atoms with E-state index in [2.05, 4.69) is 25.9 Å². The van der Waals surface area contributed by atoms with Crippen molar-refractivity contribution in [2.75, 3.05) is 6.54 Å². The molecule has 2 heterocycles. The number of benzene rings is 3. The number of nitrogens with two attached hydrogens (primary N) is 2. The number of unbranched alkanes of at least 4 members (excludes halogenated alkanes) is 1. The first-order chi connectivity index (χ1) is 24.1. The minimum Gasteiger partial charge on any atom is -0.508 e. The van der Waals surface area contributed by atoms with Gasteiger partial charge in [0.1, 0.15) is 23.9 Å². The second-order valence-electron chi connectivity index (χ2n) is 12.4. The number of hydrogen-bond acceptors (Lipinski definition) is 7. The summed E-state index contributed by atoms with van der Waals surface area (Å²) in [6.07, 6.45) is 5.25. The fraction of sp³-hybridized carbons (Fsp3) is 0.297. The van der Waals surface area contributed by atoms with Gasteiger partial charge >= 0.3 is 5.97 Å². The van der Waals surface area contributed by atoms with Crippen LogP contribution in [0.2, 0.25) is 0 Å². The van der Waals surface area contributed by atoms with E-state index in [0.29, 0.717) is 36.9 Å². The highest BCUT2D eigenvalue weighted by Gasteiger charge is 2.31. The van der Waals surface area contributed by atoms with Gasteiger partial charge in [0.25, 0.3) is 0 Å². The molecular formula is C37H43N7O6. The van der Waals surface area contributed by atoms with E-state index in [9.17, 15) is 29.4 Å². The number of amides is 3. The first-order valence-electron chi connectivity index (χ1n) is 16.6. The molecule has 3 amide bonds. The molecule has 3 aromatic carbocycles. The summed E-state index contributed by atoms with van der Waals surface area (Å²) in [6.45, 7) is 0.467. The van der Waals surface area contributed by atoms with Crippen LogP contribution in [0, 0.1) is 0 Å². The Labute approximate surface area is 288 Å². The molecule has 0 saturated carbocycles. The Bertz CT molecular complexity index is 1940. The summed E-state index contributed by atoms with van der Waals surface area (Å²) < 4.78 is 0. The number of aliphatic carboxylic acids is 1. The van der Waals surface area contributed by atoms with E-state index in [-0.39, 0.29) is 25.0 Å². The van der Waals surface area contributed by atoms with Gasteiger partial charge in [-0.3, -0.25) is 14.4 Å². The lowest BCUT2D eigenvalue weighted by atomic mass is 10.0. The zero-order valence-corrected chi connectivity index (χ0v) is 27.5. The Morgan fingerprint density at radius 1 is 0.660 bits per heavy atom. The second-order valence-corrected chi connectivity index (χ2v) is 12.4. The number of aromatic nitrogens is 2. The molecule has 0 bridgehead atoms. The monoisotopic (exact) mass is 681 g/mol. The van der Waals surface area contributed by atoms with Crippen LogP contribution in [0.5, 0.6) is 5.75 Å². The summed E-state index contributed by atoms with van der Waals surface area (Å²) in [5.74, 6) is -3.13. The maximum atomic E-state index is 14.1. The number of carboxylic acid groups (broad SMARTS) is 1. The van der Waals surface area contributed by atoms with Crippen LogP contribution in [-0.2, 0) is 38.4 Å². The Morgan fingerprint density at radius 2 is 1.16 bits per heavy atom. The molecule has 4 atom stereocenters. The molecular weight excluding hydrogens is 638 g/mol. The van der Waals surface area contributed by atoms with E-state index in [1.165, 1.54) is 12.1 Å². The van der Waals surface area contributed by atoms with Gasteiger partial charge < -0.3 is 47.6 Å². The summed E-state index contributed by atoms with van der Waals surface area (Å²) in [7, 11) is 0. The van der Waals surface area contributed by atoms with Gasteiger partial charge in [-0.05, 0) is 60.3 Å². The van der Waals surface area contributed by atoms with Crippen LogP contribution in [0.3, 0.4) is 0 Å². The van der Waals surface area contributed by atoms with Crippen molar-refractivity contribution >= 4 is 45.5 Å². The van der Waals surface area contributed by atoms with Gasteiger partial charge in [-0.2, -0.15) is 0 Å². The third-order valence-electron chi connectivity index (χ3n) is 8.76. The summed E-state index contributed by atoms with van der Waals surface area (Å²) >= 11 is 0. The largest absolute Gasteiger partial charge is 0.508 e. The SMILES string of the molecule is NCCCCC(N)C(=O)NC(Cc1c[nH]c2ccccc12)C(=O)NC(Cc1ccc(O)cc1)C(=O)NC(Cc1c[nH]c2ccccc12)C(=O)O. The zero-order chi connectivity index (χ0) is 35.6. The number of rotatable bonds is 17. The fourth-order valence-corrected chi connectivity index (χ4v) is 5.99. The van der Waals surface area contributed by atoms with Crippen LogP contribution >= 0.6 is 0 Å². The Kier molecular flexibility index (Phi) is 11.9. The van der Waals surface area contributed by atoms with E-state index in [0.717, 1.165) is 27.4 Å². The first-order valence-corrected chi connectivity index (χ1v) is 16.6. The normalized spacial score (nSPS) is 13.7. The molecule has 0 aliphatic rings. The van der Waals surface area contributed by atoms with E-state index in [4.69, 9.17) is 11.5 Å². The molecule has 13 heteroatoms. The number of carbonyl (C=O) groups is 4. The predicted octanol–water partition coefficient (Wildman–Crippen LogP) is 2.38. The van der Waals surface area contributed by atoms with Crippen LogP contribution in [0.1, 0.15) is 36.0 Å². The van der Waals surface area contributed by atoms with E-state index < -0.39 is 47.9 Å². The van der Waals surface area contributed by atoms with Gasteiger partial charge in [0.15, 0.2) is 0 Å². The number of aromatic amines is 2. The molecule has 0 saturated heterocycles. The molecule has 5 aromatic rings. The number of phenolic OH excluding ortho intramolecular Hbond substituents is 1. The van der Waals surface area contributed by atoms with E-state index in [1.807, 2.05) is 48.5 Å². The molecule has 4 unspecified atom stereocenters. The highest BCUT2D eigenvalue weighted by molar-refractivity contribution is 5.95. The molecule has 0 aliphatic heterocycles. The number of aromatic hydroxyl groups is 1. The second kappa shape index (κ2) is 16.6. The van der Waals surface area contributed by atoms with Crippen molar-refractivity contribution in [1.29, 1.82) is 0 Å². The van der Waals surface area contributed by atoms with Crippen molar-refractivity contribution in [2.24, 2.45) is 11.5 Å². The molecule has 0 aliphatic carbocycles. The third kappa shape index (κ3) is 9.07. The topological polar surface area (TPSA) is 228 Å². The number of fused-ring (bicyclic) bond motifs is 2. The first kappa shape index (κ1) is 35.6. The number of nitrogens with one attached hydrogen (secondary N) is 5.